The highest BCUT2D eigenvalue weighted by Crippen LogP contribution is 2.61. The molecule has 38 heavy (non-hydrogen) atoms. The molecule has 4 aromatic carbocycles. The number of benzene rings is 4. The van der Waals surface area contributed by atoms with E-state index in [1.54, 1.807) is 24.3 Å². The normalized spacial score (nSPS) is 25.7. The van der Waals surface area contributed by atoms with E-state index >= 15 is 0 Å². The van der Waals surface area contributed by atoms with Crippen LogP contribution in [-0.4, -0.2) is 6.04 Å². The molecule has 5 atom stereocenters. The highest BCUT2D eigenvalue weighted by Gasteiger charge is 2.54. The second-order valence-corrected chi connectivity index (χ2v) is 11.5. The number of anilines is 2. The van der Waals surface area contributed by atoms with Crippen LogP contribution in [0.25, 0.3) is 0 Å². The number of halogens is 4. The highest BCUT2D eigenvalue weighted by molar-refractivity contribution is 6.31. The van der Waals surface area contributed by atoms with Gasteiger partial charge in [-0.3, -0.25) is 0 Å². The minimum atomic E-state index is -0.233. The summed E-state index contributed by atoms with van der Waals surface area (Å²) in [7, 11) is 0. The van der Waals surface area contributed by atoms with E-state index in [4.69, 9.17) is 23.2 Å². The molecule has 0 unspecified atom stereocenters. The van der Waals surface area contributed by atoms with Crippen molar-refractivity contribution in [3.05, 3.63) is 129 Å². The maximum Gasteiger partial charge on any atom is 0.123 e. The Bertz CT molecular complexity index is 1470. The van der Waals surface area contributed by atoms with Crippen LogP contribution in [0.5, 0.6) is 0 Å². The van der Waals surface area contributed by atoms with Gasteiger partial charge in [0.1, 0.15) is 11.6 Å². The molecule has 0 amide bonds. The van der Waals surface area contributed by atoms with Gasteiger partial charge in [-0.2, -0.15) is 0 Å². The van der Waals surface area contributed by atoms with Gasteiger partial charge in [0.15, 0.2) is 0 Å². The molecule has 3 aliphatic heterocycles. The quantitative estimate of drug-likeness (QED) is 0.252. The molecule has 0 bridgehead atoms. The van der Waals surface area contributed by atoms with Gasteiger partial charge in [-0.15, -0.1) is 0 Å². The summed E-state index contributed by atoms with van der Waals surface area (Å²) in [6.07, 6.45) is 2.99. The molecular weight excluding hydrogens is 521 g/mol. The maximum atomic E-state index is 13.9. The third-order valence-corrected chi connectivity index (χ3v) is 9.17. The SMILES string of the molecule is Fc1ccc([C@H]2CC[C@@H]3[C@@H]4C[C@@H](c5ccc(F)cc5)N(c5ccc(Cl)cc5)[C@@H]4c4cc(Cl)ccc4N23)cc1. The van der Waals surface area contributed by atoms with Crippen LogP contribution >= 0.6 is 23.2 Å². The van der Waals surface area contributed by atoms with Crippen LogP contribution < -0.4 is 9.80 Å². The molecule has 192 valence electrons. The van der Waals surface area contributed by atoms with Crippen molar-refractivity contribution in [2.75, 3.05) is 9.80 Å². The summed E-state index contributed by atoms with van der Waals surface area (Å²) in [5, 5.41) is 1.40. The average molecular weight is 547 g/mol. The fourth-order valence-electron chi connectivity index (χ4n) is 7.20. The second kappa shape index (κ2) is 9.29. The molecule has 0 aromatic heterocycles. The molecule has 0 aliphatic carbocycles. The Hall–Kier alpha value is -3.08. The first-order valence-electron chi connectivity index (χ1n) is 13.1. The predicted molar refractivity (Wildman–Crippen MR) is 150 cm³/mol. The van der Waals surface area contributed by atoms with Crippen molar-refractivity contribution in [3.63, 3.8) is 0 Å². The summed E-state index contributed by atoms with van der Waals surface area (Å²) in [5.41, 5.74) is 5.71. The van der Waals surface area contributed by atoms with Gasteiger partial charge < -0.3 is 9.80 Å². The number of hydrogen-bond donors (Lipinski definition) is 0. The van der Waals surface area contributed by atoms with E-state index in [2.05, 4.69) is 34.1 Å². The van der Waals surface area contributed by atoms with Gasteiger partial charge in [0.2, 0.25) is 0 Å². The first kappa shape index (κ1) is 24.0. The number of rotatable bonds is 3. The zero-order chi connectivity index (χ0) is 26.0. The lowest BCUT2D eigenvalue weighted by Crippen LogP contribution is -2.45. The van der Waals surface area contributed by atoms with Crippen LogP contribution in [-0.2, 0) is 0 Å². The summed E-state index contributed by atoms with van der Waals surface area (Å²) in [5.74, 6) is -0.119. The summed E-state index contributed by atoms with van der Waals surface area (Å²) in [6.45, 7) is 0. The molecule has 0 N–H and O–H groups in total. The fraction of sp³-hybridized carbons (Fsp3) is 0.250. The number of nitrogens with zero attached hydrogens (tertiary/aromatic N) is 2. The van der Waals surface area contributed by atoms with Crippen LogP contribution in [0.4, 0.5) is 20.2 Å². The molecule has 2 fully saturated rings. The zero-order valence-electron chi connectivity index (χ0n) is 20.6. The van der Waals surface area contributed by atoms with Crippen molar-refractivity contribution < 1.29 is 8.78 Å². The van der Waals surface area contributed by atoms with E-state index in [0.717, 1.165) is 36.1 Å². The molecular formula is C32H26Cl2F2N2. The van der Waals surface area contributed by atoms with Crippen LogP contribution in [0, 0.1) is 17.6 Å². The standard InChI is InChI=1S/C32H26Cl2F2N2/c33-21-5-12-25(13-6-21)37-31(20-3-10-24(36)11-4-20)18-27-30-16-15-28(19-1-8-23(35)9-2-19)38(30)29-14-7-22(34)17-26(29)32(27)37/h1-14,17,27-28,30-32H,15-16,18H2/t27-,28+,30+,31-,32+/m0/s1. The Balaban J connectivity index is 1.39. The Morgan fingerprint density at radius 1 is 0.632 bits per heavy atom. The molecule has 6 heteroatoms. The Labute approximate surface area is 231 Å². The highest BCUT2D eigenvalue weighted by atomic mass is 35.5. The first-order valence-corrected chi connectivity index (χ1v) is 13.9. The lowest BCUT2D eigenvalue weighted by Gasteiger charge is -2.46. The summed E-state index contributed by atoms with van der Waals surface area (Å²) < 4.78 is 27.7. The first-order chi connectivity index (χ1) is 18.5. The maximum absolute atomic E-state index is 13.9. The molecule has 0 radical (unpaired) electrons. The lowest BCUT2D eigenvalue weighted by molar-refractivity contribution is 0.366. The van der Waals surface area contributed by atoms with Crippen LogP contribution in [0.15, 0.2) is 91.0 Å². The smallest absolute Gasteiger partial charge is 0.123 e. The van der Waals surface area contributed by atoms with Gasteiger partial charge in [-0.05, 0) is 103 Å². The van der Waals surface area contributed by atoms with E-state index < -0.39 is 0 Å². The van der Waals surface area contributed by atoms with E-state index in [9.17, 15) is 8.78 Å². The van der Waals surface area contributed by atoms with Gasteiger partial charge >= 0.3 is 0 Å². The van der Waals surface area contributed by atoms with Crippen molar-refractivity contribution in [1.82, 2.24) is 0 Å². The van der Waals surface area contributed by atoms with Gasteiger partial charge in [0.05, 0.1) is 18.1 Å². The average Bonchev–Trinajstić information content (AvgIpc) is 3.53. The summed E-state index contributed by atoms with van der Waals surface area (Å²) in [4.78, 5) is 5.05. The number of hydrogen-bond acceptors (Lipinski definition) is 2. The monoisotopic (exact) mass is 546 g/mol. The molecule has 0 spiro atoms. The van der Waals surface area contributed by atoms with E-state index in [1.165, 1.54) is 11.3 Å². The molecule has 4 aromatic rings. The molecule has 2 nitrogen and oxygen atoms in total. The molecule has 7 rings (SSSR count). The lowest BCUT2D eigenvalue weighted by atomic mass is 9.81. The van der Waals surface area contributed by atoms with Crippen molar-refractivity contribution in [2.45, 2.75) is 43.4 Å². The van der Waals surface area contributed by atoms with Crippen molar-refractivity contribution in [2.24, 2.45) is 5.92 Å². The summed E-state index contributed by atoms with van der Waals surface area (Å²) >= 11 is 12.9. The second-order valence-electron chi connectivity index (χ2n) is 10.6. The Morgan fingerprint density at radius 2 is 1.24 bits per heavy atom. The molecule has 3 heterocycles. The summed E-state index contributed by atoms with van der Waals surface area (Å²) in [6, 6.07) is 28.8. The minimum absolute atomic E-state index is 0.0726. The van der Waals surface area contributed by atoms with Crippen LogP contribution in [0.2, 0.25) is 10.0 Å². The van der Waals surface area contributed by atoms with E-state index in [0.29, 0.717) is 22.0 Å². The van der Waals surface area contributed by atoms with Crippen molar-refractivity contribution in [3.8, 4) is 0 Å². The molecule has 0 saturated carbocycles. The minimum Gasteiger partial charge on any atom is -0.361 e. The fourth-order valence-corrected chi connectivity index (χ4v) is 7.50. The van der Waals surface area contributed by atoms with E-state index in [1.807, 2.05) is 42.5 Å². The van der Waals surface area contributed by atoms with Gasteiger partial charge in [-0.25, -0.2) is 8.78 Å². The third kappa shape index (κ3) is 3.88. The molecule has 3 aliphatic rings. The van der Waals surface area contributed by atoms with Gasteiger partial charge in [-0.1, -0.05) is 47.5 Å². The van der Waals surface area contributed by atoms with Crippen molar-refractivity contribution >= 4 is 34.6 Å². The predicted octanol–water partition coefficient (Wildman–Crippen LogP) is 9.30. The zero-order valence-corrected chi connectivity index (χ0v) is 22.1. The van der Waals surface area contributed by atoms with Crippen molar-refractivity contribution in [1.29, 1.82) is 0 Å². The van der Waals surface area contributed by atoms with Crippen LogP contribution in [0.1, 0.15) is 54.1 Å². The van der Waals surface area contributed by atoms with Gasteiger partial charge in [0.25, 0.3) is 0 Å². The topological polar surface area (TPSA) is 6.48 Å². The third-order valence-electron chi connectivity index (χ3n) is 8.68. The van der Waals surface area contributed by atoms with E-state index in [-0.39, 0.29) is 29.8 Å². The van der Waals surface area contributed by atoms with Crippen LogP contribution in [0.3, 0.4) is 0 Å². The Kier molecular flexibility index (Phi) is 5.86. The molecule has 2 saturated heterocycles. The Morgan fingerprint density at radius 3 is 1.89 bits per heavy atom. The number of fused-ring (bicyclic) bond motifs is 6. The largest absolute Gasteiger partial charge is 0.361 e. The van der Waals surface area contributed by atoms with Gasteiger partial charge in [0, 0.05) is 33.4 Å².